The molecule has 2 aromatic carbocycles. The molecule has 0 bridgehead atoms. The molecule has 0 aliphatic carbocycles. The van der Waals surface area contributed by atoms with Crippen molar-refractivity contribution < 1.29 is 14.6 Å². The van der Waals surface area contributed by atoms with E-state index in [1.165, 1.54) is 11.1 Å². The highest BCUT2D eigenvalue weighted by Gasteiger charge is 2.22. The van der Waals surface area contributed by atoms with E-state index in [4.69, 9.17) is 9.47 Å². The maximum Gasteiger partial charge on any atom is 0.171 e. The molecule has 3 aromatic rings. The molecule has 4 heteroatoms. The van der Waals surface area contributed by atoms with Gasteiger partial charge in [0.15, 0.2) is 11.5 Å². The van der Waals surface area contributed by atoms with E-state index in [-0.39, 0.29) is 0 Å². The first-order valence-electron chi connectivity index (χ1n) is 9.36. The summed E-state index contributed by atoms with van der Waals surface area (Å²) in [6, 6.07) is 6.50. The summed E-state index contributed by atoms with van der Waals surface area (Å²) in [5.74, 6) is 1.47. The Hall–Kier alpha value is -2.46. The van der Waals surface area contributed by atoms with Crippen LogP contribution in [0.5, 0.6) is 11.5 Å². The first kappa shape index (κ1) is 19.3. The Kier molecular flexibility index (Phi) is 5.47. The van der Waals surface area contributed by atoms with Gasteiger partial charge >= 0.3 is 0 Å². The molecule has 2 N–H and O–H groups in total. The SMILES string of the molecule is COc1c(C)c(CC(C)O)c2[nH]c3ccc(CC=C(C)C)cc3c2c1OC. The van der Waals surface area contributed by atoms with Crippen molar-refractivity contribution in [2.24, 2.45) is 0 Å². The highest BCUT2D eigenvalue weighted by molar-refractivity contribution is 6.13. The number of hydrogen-bond acceptors (Lipinski definition) is 3. The molecule has 144 valence electrons. The quantitative estimate of drug-likeness (QED) is 0.598. The van der Waals surface area contributed by atoms with E-state index in [9.17, 15) is 5.11 Å². The fourth-order valence-electron chi connectivity index (χ4n) is 3.75. The topological polar surface area (TPSA) is 54.5 Å². The van der Waals surface area contributed by atoms with E-state index < -0.39 is 6.10 Å². The van der Waals surface area contributed by atoms with Gasteiger partial charge in [0.1, 0.15) is 0 Å². The number of aromatic amines is 1. The van der Waals surface area contributed by atoms with Gasteiger partial charge in [-0.15, -0.1) is 0 Å². The summed E-state index contributed by atoms with van der Waals surface area (Å²) >= 11 is 0. The molecule has 0 spiro atoms. The Morgan fingerprint density at radius 2 is 1.89 bits per heavy atom. The standard InChI is InChI=1S/C23H29NO3/c1-13(2)7-8-16-9-10-19-18(12-16)20-21(24-19)17(11-14(3)25)15(4)22(26-5)23(20)27-6/h7,9-10,12,14,24-25H,8,11H2,1-6H3. The Balaban J connectivity index is 2.36. The number of fused-ring (bicyclic) bond motifs is 3. The number of nitrogens with one attached hydrogen (secondary N) is 1. The molecule has 0 fully saturated rings. The summed E-state index contributed by atoms with van der Waals surface area (Å²) in [5, 5.41) is 12.2. The molecule has 0 amide bonds. The van der Waals surface area contributed by atoms with Crippen LogP contribution in [-0.4, -0.2) is 30.4 Å². The number of allylic oxidation sites excluding steroid dienone is 2. The van der Waals surface area contributed by atoms with Crippen LogP contribution >= 0.6 is 0 Å². The highest BCUT2D eigenvalue weighted by atomic mass is 16.5. The van der Waals surface area contributed by atoms with Gasteiger partial charge in [-0.25, -0.2) is 0 Å². The predicted molar refractivity (Wildman–Crippen MR) is 112 cm³/mol. The molecule has 0 aliphatic heterocycles. The highest BCUT2D eigenvalue weighted by Crippen LogP contribution is 2.45. The molecule has 0 saturated heterocycles. The molecule has 0 saturated carbocycles. The number of aliphatic hydroxyl groups excluding tert-OH is 1. The van der Waals surface area contributed by atoms with Crippen molar-refractivity contribution in [2.45, 2.75) is 46.6 Å². The number of rotatable bonds is 6. The average Bonchev–Trinajstić information content (AvgIpc) is 3.00. The summed E-state index contributed by atoms with van der Waals surface area (Å²) in [4.78, 5) is 3.55. The van der Waals surface area contributed by atoms with E-state index in [0.29, 0.717) is 6.42 Å². The van der Waals surface area contributed by atoms with Crippen LogP contribution in [0.1, 0.15) is 37.5 Å². The maximum absolute atomic E-state index is 10.0. The van der Waals surface area contributed by atoms with E-state index in [1.807, 2.05) is 13.8 Å². The summed E-state index contributed by atoms with van der Waals surface area (Å²) in [6.45, 7) is 8.05. The van der Waals surface area contributed by atoms with Crippen LogP contribution in [0.4, 0.5) is 0 Å². The summed E-state index contributed by atoms with van der Waals surface area (Å²) in [6.07, 6.45) is 3.25. The fourth-order valence-corrected chi connectivity index (χ4v) is 3.75. The second-order valence-corrected chi connectivity index (χ2v) is 7.46. The number of aromatic nitrogens is 1. The molecule has 0 aliphatic rings. The number of benzene rings is 2. The third-order valence-corrected chi connectivity index (χ3v) is 5.05. The largest absolute Gasteiger partial charge is 0.493 e. The van der Waals surface area contributed by atoms with Crippen LogP contribution in [0.2, 0.25) is 0 Å². The molecule has 0 radical (unpaired) electrons. The summed E-state index contributed by atoms with van der Waals surface area (Å²) < 4.78 is 11.5. The Bertz CT molecular complexity index is 1010. The molecule has 1 aromatic heterocycles. The zero-order chi connectivity index (χ0) is 19.7. The summed E-state index contributed by atoms with van der Waals surface area (Å²) in [7, 11) is 3.34. The van der Waals surface area contributed by atoms with E-state index in [2.05, 4.69) is 43.1 Å². The molecular formula is C23H29NO3. The van der Waals surface area contributed by atoms with Gasteiger partial charge in [-0.1, -0.05) is 17.7 Å². The van der Waals surface area contributed by atoms with Crippen molar-refractivity contribution in [1.29, 1.82) is 0 Å². The lowest BCUT2D eigenvalue weighted by atomic mass is 9.96. The van der Waals surface area contributed by atoms with Crippen molar-refractivity contribution in [3.63, 3.8) is 0 Å². The van der Waals surface area contributed by atoms with Crippen LogP contribution in [0.15, 0.2) is 29.8 Å². The third-order valence-electron chi connectivity index (χ3n) is 5.05. The minimum absolute atomic E-state index is 0.440. The number of methoxy groups -OCH3 is 2. The van der Waals surface area contributed by atoms with Gasteiger partial charge < -0.3 is 19.6 Å². The Morgan fingerprint density at radius 3 is 2.48 bits per heavy atom. The van der Waals surface area contributed by atoms with Crippen LogP contribution in [0.25, 0.3) is 21.8 Å². The van der Waals surface area contributed by atoms with Gasteiger partial charge in [0.25, 0.3) is 0 Å². The lowest BCUT2D eigenvalue weighted by Crippen LogP contribution is -2.08. The van der Waals surface area contributed by atoms with Crippen LogP contribution < -0.4 is 9.47 Å². The zero-order valence-corrected chi connectivity index (χ0v) is 17.1. The van der Waals surface area contributed by atoms with Gasteiger partial charge in [-0.05, 0) is 57.4 Å². The van der Waals surface area contributed by atoms with Gasteiger partial charge in [0.05, 0.1) is 31.2 Å². The maximum atomic E-state index is 10.0. The van der Waals surface area contributed by atoms with Crippen molar-refractivity contribution in [2.75, 3.05) is 14.2 Å². The Labute approximate surface area is 160 Å². The monoisotopic (exact) mass is 367 g/mol. The molecule has 3 rings (SSSR count). The lowest BCUT2D eigenvalue weighted by molar-refractivity contribution is 0.195. The predicted octanol–water partition coefficient (Wildman–Crippen LogP) is 5.08. The van der Waals surface area contributed by atoms with Crippen molar-refractivity contribution in [1.82, 2.24) is 4.98 Å². The number of ether oxygens (including phenoxy) is 2. The van der Waals surface area contributed by atoms with Gasteiger partial charge in [-0.2, -0.15) is 0 Å². The van der Waals surface area contributed by atoms with Crippen molar-refractivity contribution in [3.8, 4) is 11.5 Å². The minimum atomic E-state index is -0.440. The fraction of sp³-hybridized carbons (Fsp3) is 0.391. The normalized spacial score (nSPS) is 12.4. The molecule has 1 unspecified atom stereocenters. The first-order valence-corrected chi connectivity index (χ1v) is 9.36. The van der Waals surface area contributed by atoms with Crippen LogP contribution in [0, 0.1) is 6.92 Å². The average molecular weight is 367 g/mol. The first-order chi connectivity index (χ1) is 12.9. The number of aliphatic hydroxyl groups is 1. The van der Waals surface area contributed by atoms with E-state index in [1.54, 1.807) is 14.2 Å². The van der Waals surface area contributed by atoms with Gasteiger partial charge in [-0.3, -0.25) is 0 Å². The van der Waals surface area contributed by atoms with Gasteiger partial charge in [0, 0.05) is 22.9 Å². The Morgan fingerprint density at radius 1 is 1.19 bits per heavy atom. The van der Waals surface area contributed by atoms with E-state index >= 15 is 0 Å². The van der Waals surface area contributed by atoms with Gasteiger partial charge in [0.2, 0.25) is 0 Å². The summed E-state index contributed by atoms with van der Waals surface area (Å²) in [5.41, 5.74) is 6.70. The number of hydrogen-bond donors (Lipinski definition) is 2. The van der Waals surface area contributed by atoms with Crippen LogP contribution in [-0.2, 0) is 12.8 Å². The van der Waals surface area contributed by atoms with E-state index in [0.717, 1.165) is 50.9 Å². The second-order valence-electron chi connectivity index (χ2n) is 7.46. The van der Waals surface area contributed by atoms with Crippen LogP contribution in [0.3, 0.4) is 0 Å². The third kappa shape index (κ3) is 3.54. The van der Waals surface area contributed by atoms with Crippen molar-refractivity contribution >= 4 is 21.8 Å². The number of H-pyrrole nitrogens is 1. The molecule has 27 heavy (non-hydrogen) atoms. The molecule has 1 atom stereocenters. The molecular weight excluding hydrogens is 338 g/mol. The molecule has 4 nitrogen and oxygen atoms in total. The van der Waals surface area contributed by atoms with Crippen molar-refractivity contribution in [3.05, 3.63) is 46.5 Å². The minimum Gasteiger partial charge on any atom is -0.493 e. The lowest BCUT2D eigenvalue weighted by Gasteiger charge is -2.17. The molecule has 1 heterocycles. The second kappa shape index (κ2) is 7.65. The smallest absolute Gasteiger partial charge is 0.171 e. The zero-order valence-electron chi connectivity index (χ0n) is 17.1.